The Labute approximate surface area is 144 Å². The predicted octanol–water partition coefficient (Wildman–Crippen LogP) is 3.21. The van der Waals surface area contributed by atoms with Crippen molar-refractivity contribution in [3.8, 4) is 11.5 Å². The maximum Gasteiger partial charge on any atom is 0.271 e. The third-order valence-corrected chi connectivity index (χ3v) is 4.13. The Morgan fingerprint density at radius 3 is 2.72 bits per heavy atom. The number of hydrogen-bond donors (Lipinski definition) is 0. The van der Waals surface area contributed by atoms with Gasteiger partial charge in [0, 0.05) is 24.2 Å². The van der Waals surface area contributed by atoms with Gasteiger partial charge >= 0.3 is 0 Å². The number of hydrogen-bond acceptors (Lipinski definition) is 5. The Morgan fingerprint density at radius 1 is 1.24 bits per heavy atom. The molecule has 0 saturated heterocycles. The van der Waals surface area contributed by atoms with Gasteiger partial charge in [-0.25, -0.2) is 0 Å². The van der Waals surface area contributed by atoms with Gasteiger partial charge in [-0.3, -0.25) is 14.9 Å². The van der Waals surface area contributed by atoms with Crippen molar-refractivity contribution in [2.24, 2.45) is 0 Å². The largest absolute Gasteiger partial charge is 0.493 e. The molecule has 0 aromatic heterocycles. The molecule has 7 nitrogen and oxygen atoms in total. The van der Waals surface area contributed by atoms with Gasteiger partial charge in [-0.2, -0.15) is 0 Å². The molecule has 0 fully saturated rings. The van der Waals surface area contributed by atoms with E-state index in [1.165, 1.54) is 19.2 Å². The van der Waals surface area contributed by atoms with Crippen molar-refractivity contribution in [2.45, 2.75) is 13.3 Å². The standard InChI is InChI=1S/C18H18N2O5/c1-3-25-16-7-5-13(10-17(16)24-2)18(21)19-9-8-12-4-6-14(20(22)23)11-15(12)19/h4-7,10-11H,3,8-9H2,1-2H3. The second-order valence-electron chi connectivity index (χ2n) is 5.58. The molecular formula is C18H18N2O5. The summed E-state index contributed by atoms with van der Waals surface area (Å²) in [5.41, 5.74) is 1.94. The minimum absolute atomic E-state index is 0.0253. The fraction of sp³-hybridized carbons (Fsp3) is 0.278. The van der Waals surface area contributed by atoms with Crippen molar-refractivity contribution in [2.75, 3.05) is 25.2 Å². The van der Waals surface area contributed by atoms with Gasteiger partial charge in [-0.15, -0.1) is 0 Å². The van der Waals surface area contributed by atoms with Crippen LogP contribution >= 0.6 is 0 Å². The Hall–Kier alpha value is -3.09. The number of amides is 1. The number of non-ortho nitro benzene ring substituents is 1. The van der Waals surface area contributed by atoms with E-state index in [2.05, 4.69) is 0 Å². The third-order valence-electron chi connectivity index (χ3n) is 4.13. The van der Waals surface area contributed by atoms with E-state index in [9.17, 15) is 14.9 Å². The number of rotatable bonds is 5. The van der Waals surface area contributed by atoms with Crippen molar-refractivity contribution >= 4 is 17.3 Å². The molecule has 1 heterocycles. The second kappa shape index (κ2) is 6.80. The number of nitrogens with zero attached hydrogens (tertiary/aromatic N) is 2. The topological polar surface area (TPSA) is 81.9 Å². The van der Waals surface area contributed by atoms with Crippen molar-refractivity contribution < 1.29 is 19.2 Å². The van der Waals surface area contributed by atoms with Crippen LogP contribution in [0.2, 0.25) is 0 Å². The monoisotopic (exact) mass is 342 g/mol. The van der Waals surface area contributed by atoms with Gasteiger partial charge in [-0.05, 0) is 37.1 Å². The van der Waals surface area contributed by atoms with Crippen LogP contribution in [0.5, 0.6) is 11.5 Å². The van der Waals surface area contributed by atoms with Gasteiger partial charge in [0.05, 0.1) is 24.3 Å². The molecular weight excluding hydrogens is 324 g/mol. The van der Waals surface area contributed by atoms with Crippen molar-refractivity contribution in [3.05, 3.63) is 57.6 Å². The molecule has 0 N–H and O–H groups in total. The number of ether oxygens (including phenoxy) is 2. The summed E-state index contributed by atoms with van der Waals surface area (Å²) >= 11 is 0. The number of nitro benzene ring substituents is 1. The summed E-state index contributed by atoms with van der Waals surface area (Å²) in [6, 6.07) is 9.62. The Morgan fingerprint density at radius 2 is 2.04 bits per heavy atom. The minimum atomic E-state index is -0.457. The molecule has 0 atom stereocenters. The summed E-state index contributed by atoms with van der Waals surface area (Å²) in [6.07, 6.45) is 0.674. The molecule has 2 aromatic carbocycles. The first-order valence-electron chi connectivity index (χ1n) is 7.95. The van der Waals surface area contributed by atoms with E-state index >= 15 is 0 Å². The van der Waals surface area contributed by atoms with Crippen LogP contribution in [0.1, 0.15) is 22.8 Å². The number of nitro groups is 1. The lowest BCUT2D eigenvalue weighted by molar-refractivity contribution is -0.384. The van der Waals surface area contributed by atoms with E-state index in [4.69, 9.17) is 9.47 Å². The zero-order valence-corrected chi connectivity index (χ0v) is 14.0. The number of methoxy groups -OCH3 is 1. The molecule has 0 spiro atoms. The molecule has 0 aliphatic carbocycles. The van der Waals surface area contributed by atoms with E-state index in [-0.39, 0.29) is 11.6 Å². The first kappa shape index (κ1) is 16.8. The number of carbonyl (C=O) groups excluding carboxylic acids is 1. The maximum atomic E-state index is 12.9. The van der Waals surface area contributed by atoms with Crippen LogP contribution < -0.4 is 14.4 Å². The van der Waals surface area contributed by atoms with E-state index < -0.39 is 4.92 Å². The van der Waals surface area contributed by atoms with E-state index in [0.717, 1.165) is 5.56 Å². The lowest BCUT2D eigenvalue weighted by Gasteiger charge is -2.18. The summed E-state index contributed by atoms with van der Waals surface area (Å²) in [4.78, 5) is 25.0. The highest BCUT2D eigenvalue weighted by atomic mass is 16.6. The Bertz CT molecular complexity index is 834. The SMILES string of the molecule is CCOc1ccc(C(=O)N2CCc3ccc([N+](=O)[O-])cc32)cc1OC. The van der Waals surface area contributed by atoms with Gasteiger partial charge in [0.25, 0.3) is 11.6 Å². The summed E-state index contributed by atoms with van der Waals surface area (Å²) in [7, 11) is 1.51. The highest BCUT2D eigenvalue weighted by molar-refractivity contribution is 6.07. The molecule has 130 valence electrons. The Balaban J connectivity index is 1.93. The normalized spacial score (nSPS) is 12.6. The van der Waals surface area contributed by atoms with Crippen LogP contribution in [0.3, 0.4) is 0 Å². The first-order valence-corrected chi connectivity index (χ1v) is 7.95. The molecule has 0 bridgehead atoms. The van der Waals surface area contributed by atoms with Crippen molar-refractivity contribution in [1.82, 2.24) is 0 Å². The number of fused-ring (bicyclic) bond motifs is 1. The zero-order valence-electron chi connectivity index (χ0n) is 14.0. The summed E-state index contributed by atoms with van der Waals surface area (Å²) < 4.78 is 10.7. The first-order chi connectivity index (χ1) is 12.0. The Kier molecular flexibility index (Phi) is 4.56. The fourth-order valence-electron chi connectivity index (χ4n) is 2.92. The van der Waals surface area contributed by atoms with E-state index in [0.29, 0.717) is 42.3 Å². The summed E-state index contributed by atoms with van der Waals surface area (Å²) in [5, 5.41) is 11.0. The van der Waals surface area contributed by atoms with Crippen molar-refractivity contribution in [3.63, 3.8) is 0 Å². The zero-order chi connectivity index (χ0) is 18.0. The molecule has 1 aliphatic rings. The smallest absolute Gasteiger partial charge is 0.271 e. The average molecular weight is 342 g/mol. The van der Waals surface area contributed by atoms with Gasteiger partial charge < -0.3 is 14.4 Å². The predicted molar refractivity (Wildman–Crippen MR) is 92.6 cm³/mol. The van der Waals surface area contributed by atoms with Crippen molar-refractivity contribution in [1.29, 1.82) is 0 Å². The average Bonchev–Trinajstić information content (AvgIpc) is 3.04. The molecule has 2 aromatic rings. The van der Waals surface area contributed by atoms with Crippen LogP contribution in [0, 0.1) is 10.1 Å². The van der Waals surface area contributed by atoms with Crippen LogP contribution in [-0.2, 0) is 6.42 Å². The van der Waals surface area contributed by atoms with Gasteiger partial charge in [-0.1, -0.05) is 6.07 Å². The fourth-order valence-corrected chi connectivity index (χ4v) is 2.92. The number of benzene rings is 2. The van der Waals surface area contributed by atoms with E-state index in [1.807, 2.05) is 6.92 Å². The van der Waals surface area contributed by atoms with E-state index in [1.54, 1.807) is 29.2 Å². The van der Waals surface area contributed by atoms with Gasteiger partial charge in [0.15, 0.2) is 11.5 Å². The van der Waals surface area contributed by atoms with Crippen LogP contribution in [0.4, 0.5) is 11.4 Å². The van der Waals surface area contributed by atoms with Crippen LogP contribution in [0.25, 0.3) is 0 Å². The highest BCUT2D eigenvalue weighted by Crippen LogP contribution is 2.34. The lowest BCUT2D eigenvalue weighted by atomic mass is 10.1. The molecule has 0 unspecified atom stereocenters. The van der Waals surface area contributed by atoms with Crippen LogP contribution in [0.15, 0.2) is 36.4 Å². The van der Waals surface area contributed by atoms with Gasteiger partial charge in [0.1, 0.15) is 0 Å². The molecule has 0 saturated carbocycles. The molecule has 25 heavy (non-hydrogen) atoms. The molecule has 1 aliphatic heterocycles. The molecule has 1 amide bonds. The molecule has 7 heteroatoms. The summed E-state index contributed by atoms with van der Waals surface area (Å²) in [5.74, 6) is 0.825. The second-order valence-corrected chi connectivity index (χ2v) is 5.58. The highest BCUT2D eigenvalue weighted by Gasteiger charge is 2.28. The molecule has 0 radical (unpaired) electrons. The molecule has 3 rings (SSSR count). The number of anilines is 1. The summed E-state index contributed by atoms with van der Waals surface area (Å²) in [6.45, 7) is 2.85. The lowest BCUT2D eigenvalue weighted by Crippen LogP contribution is -2.28. The van der Waals surface area contributed by atoms with Gasteiger partial charge in [0.2, 0.25) is 0 Å². The van der Waals surface area contributed by atoms with Crippen LogP contribution in [-0.4, -0.2) is 31.1 Å². The minimum Gasteiger partial charge on any atom is -0.493 e. The quantitative estimate of drug-likeness (QED) is 0.615. The third kappa shape index (κ3) is 3.13. The maximum absolute atomic E-state index is 12.9. The number of carbonyl (C=O) groups is 1.